The van der Waals surface area contributed by atoms with Crippen molar-refractivity contribution in [2.24, 2.45) is 0 Å². The maximum atomic E-state index is 13.0. The molecule has 2 N–H and O–H groups in total. The van der Waals surface area contributed by atoms with Gasteiger partial charge in [0.2, 0.25) is 5.95 Å². The van der Waals surface area contributed by atoms with Crippen molar-refractivity contribution < 1.29 is 4.79 Å². The first-order valence-electron chi connectivity index (χ1n) is 11.2. The van der Waals surface area contributed by atoms with Gasteiger partial charge in [-0.1, -0.05) is 0 Å². The van der Waals surface area contributed by atoms with Crippen molar-refractivity contribution in [1.82, 2.24) is 34.2 Å². The van der Waals surface area contributed by atoms with Crippen molar-refractivity contribution in [1.29, 1.82) is 0 Å². The SMILES string of the molecule is CN[C@H]1C[C@@H](Nc2ncc3c(-c4ccc5ncc(C(=O)N6CCCC6)n5c4)ccn3n2)C1. The number of hydrogen-bond acceptors (Lipinski definition) is 6. The summed E-state index contributed by atoms with van der Waals surface area (Å²) in [4.78, 5) is 23.8. The molecule has 164 valence electrons. The molecule has 0 radical (unpaired) electrons. The molecule has 0 aromatic carbocycles. The summed E-state index contributed by atoms with van der Waals surface area (Å²) >= 11 is 0. The van der Waals surface area contributed by atoms with Crippen molar-refractivity contribution >= 4 is 23.0 Å². The van der Waals surface area contributed by atoms with Crippen molar-refractivity contribution in [2.45, 2.75) is 37.8 Å². The van der Waals surface area contributed by atoms with Gasteiger partial charge < -0.3 is 15.5 Å². The van der Waals surface area contributed by atoms with Crippen molar-refractivity contribution in [3.63, 3.8) is 0 Å². The summed E-state index contributed by atoms with van der Waals surface area (Å²) in [5.41, 5.74) is 4.31. The second-order valence-corrected chi connectivity index (χ2v) is 8.73. The molecule has 0 spiro atoms. The van der Waals surface area contributed by atoms with Gasteiger partial charge in [-0.05, 0) is 50.9 Å². The summed E-state index contributed by atoms with van der Waals surface area (Å²) < 4.78 is 3.75. The molecular formula is C23H26N8O. The maximum Gasteiger partial charge on any atom is 0.272 e. The molecule has 32 heavy (non-hydrogen) atoms. The van der Waals surface area contributed by atoms with E-state index in [-0.39, 0.29) is 5.91 Å². The van der Waals surface area contributed by atoms with Crippen LogP contribution in [0.15, 0.2) is 43.0 Å². The Hall–Kier alpha value is -3.46. The molecular weight excluding hydrogens is 404 g/mol. The number of imidazole rings is 1. The molecule has 2 fully saturated rings. The highest BCUT2D eigenvalue weighted by Crippen LogP contribution is 2.27. The van der Waals surface area contributed by atoms with Gasteiger partial charge in [-0.25, -0.2) is 14.5 Å². The van der Waals surface area contributed by atoms with E-state index >= 15 is 0 Å². The van der Waals surface area contributed by atoms with E-state index in [0.29, 0.717) is 23.7 Å². The van der Waals surface area contributed by atoms with Gasteiger partial charge in [0.15, 0.2) is 0 Å². The third kappa shape index (κ3) is 3.20. The Labute approximate surface area is 185 Å². The number of fused-ring (bicyclic) bond motifs is 2. The van der Waals surface area contributed by atoms with Gasteiger partial charge in [0.05, 0.1) is 17.9 Å². The summed E-state index contributed by atoms with van der Waals surface area (Å²) in [5.74, 6) is 0.687. The molecule has 2 aliphatic rings. The normalized spacial score (nSPS) is 20.7. The lowest BCUT2D eigenvalue weighted by molar-refractivity contribution is 0.0786. The Balaban J connectivity index is 1.30. The molecule has 4 aromatic rings. The lowest BCUT2D eigenvalue weighted by Gasteiger charge is -2.35. The molecule has 9 heteroatoms. The largest absolute Gasteiger partial charge is 0.350 e. The first-order valence-corrected chi connectivity index (χ1v) is 11.2. The first kappa shape index (κ1) is 19.2. The lowest BCUT2D eigenvalue weighted by atomic mass is 9.87. The fourth-order valence-electron chi connectivity index (χ4n) is 4.74. The first-order chi connectivity index (χ1) is 15.7. The molecule has 1 aliphatic carbocycles. The average Bonchev–Trinajstić information content (AvgIpc) is 3.54. The Morgan fingerprint density at radius 2 is 1.91 bits per heavy atom. The summed E-state index contributed by atoms with van der Waals surface area (Å²) in [5, 5.41) is 11.3. The van der Waals surface area contributed by atoms with Crippen molar-refractivity contribution in [3.8, 4) is 11.1 Å². The standard InChI is InChI=1S/C23H26N8O/c1-24-16-10-17(11-16)27-23-26-12-19-18(6-9-31(19)28-23)15-4-5-21-25-13-20(30(21)14-15)22(32)29-7-2-3-8-29/h4-6,9,12-14,16-17,24H,2-3,7-8,10-11H2,1H3,(H,27,28)/t16-,17+. The van der Waals surface area contributed by atoms with Crippen molar-refractivity contribution in [2.75, 3.05) is 25.5 Å². The van der Waals surface area contributed by atoms with Crippen LogP contribution in [0.2, 0.25) is 0 Å². The van der Waals surface area contributed by atoms with Crippen LogP contribution < -0.4 is 10.6 Å². The number of likely N-dealkylation sites (tertiary alicyclic amines) is 1. The number of nitrogens with zero attached hydrogens (tertiary/aromatic N) is 6. The van der Waals surface area contributed by atoms with Crippen LogP contribution in [0.25, 0.3) is 22.3 Å². The number of carbonyl (C=O) groups excluding carboxylic acids is 1. The van der Waals surface area contributed by atoms with E-state index < -0.39 is 0 Å². The molecule has 0 atom stereocenters. The Bertz CT molecular complexity index is 1300. The van der Waals surface area contributed by atoms with E-state index in [1.165, 1.54) is 0 Å². The van der Waals surface area contributed by atoms with Gasteiger partial charge in [0, 0.05) is 48.7 Å². The van der Waals surface area contributed by atoms with Gasteiger partial charge in [0.25, 0.3) is 5.91 Å². The highest BCUT2D eigenvalue weighted by Gasteiger charge is 2.28. The number of pyridine rings is 1. The van der Waals surface area contributed by atoms with Crippen LogP contribution in [-0.2, 0) is 0 Å². The van der Waals surface area contributed by atoms with Crippen LogP contribution >= 0.6 is 0 Å². The van der Waals surface area contributed by atoms with E-state index in [9.17, 15) is 4.79 Å². The summed E-state index contributed by atoms with van der Waals surface area (Å²) in [6.07, 6.45) is 11.8. The molecule has 1 aliphatic heterocycles. The third-order valence-corrected chi connectivity index (χ3v) is 6.73. The lowest BCUT2D eigenvalue weighted by Crippen LogP contribution is -2.46. The Morgan fingerprint density at radius 1 is 1.06 bits per heavy atom. The zero-order chi connectivity index (χ0) is 21.7. The van der Waals surface area contributed by atoms with Crippen LogP contribution in [0.4, 0.5) is 5.95 Å². The van der Waals surface area contributed by atoms with Crippen LogP contribution in [0, 0.1) is 0 Å². The summed E-state index contributed by atoms with van der Waals surface area (Å²) in [6, 6.07) is 7.00. The molecule has 1 saturated carbocycles. The van der Waals surface area contributed by atoms with Crippen LogP contribution in [0.1, 0.15) is 36.2 Å². The molecule has 1 amide bonds. The molecule has 9 nitrogen and oxygen atoms in total. The summed E-state index contributed by atoms with van der Waals surface area (Å²) in [7, 11) is 2.00. The van der Waals surface area contributed by atoms with E-state index in [1.807, 2.05) is 57.7 Å². The number of nitrogens with one attached hydrogen (secondary N) is 2. The van der Waals surface area contributed by atoms with Crippen LogP contribution in [-0.4, -0.2) is 67.0 Å². The predicted molar refractivity (Wildman–Crippen MR) is 122 cm³/mol. The van der Waals surface area contributed by atoms with Crippen LogP contribution in [0.3, 0.4) is 0 Å². The number of aromatic nitrogens is 5. The number of rotatable bonds is 5. The zero-order valence-electron chi connectivity index (χ0n) is 18.0. The van der Waals surface area contributed by atoms with E-state index in [4.69, 9.17) is 0 Å². The Morgan fingerprint density at radius 3 is 2.72 bits per heavy atom. The fourth-order valence-corrected chi connectivity index (χ4v) is 4.74. The highest BCUT2D eigenvalue weighted by atomic mass is 16.2. The molecule has 1 saturated heterocycles. The van der Waals surface area contributed by atoms with E-state index in [0.717, 1.165) is 61.1 Å². The third-order valence-electron chi connectivity index (χ3n) is 6.73. The van der Waals surface area contributed by atoms with E-state index in [2.05, 4.69) is 25.7 Å². The smallest absolute Gasteiger partial charge is 0.272 e. The minimum Gasteiger partial charge on any atom is -0.350 e. The summed E-state index contributed by atoms with van der Waals surface area (Å²) in [6.45, 7) is 1.64. The fraction of sp³-hybridized carbons (Fsp3) is 0.391. The molecule has 4 aromatic heterocycles. The Kier molecular flexibility index (Phi) is 4.57. The number of carbonyl (C=O) groups is 1. The molecule has 6 rings (SSSR count). The predicted octanol–water partition coefficient (Wildman–Crippen LogP) is 2.44. The zero-order valence-corrected chi connectivity index (χ0v) is 18.0. The van der Waals surface area contributed by atoms with Crippen molar-refractivity contribution in [3.05, 3.63) is 48.7 Å². The minimum absolute atomic E-state index is 0.0458. The van der Waals surface area contributed by atoms with Gasteiger partial charge in [-0.15, -0.1) is 5.10 Å². The maximum absolute atomic E-state index is 13.0. The van der Waals surface area contributed by atoms with E-state index in [1.54, 1.807) is 6.20 Å². The highest BCUT2D eigenvalue weighted by molar-refractivity contribution is 5.93. The van der Waals surface area contributed by atoms with Gasteiger partial charge in [0.1, 0.15) is 11.3 Å². The quantitative estimate of drug-likeness (QED) is 0.505. The monoisotopic (exact) mass is 430 g/mol. The topological polar surface area (TPSA) is 91.9 Å². The number of anilines is 1. The number of hydrogen-bond donors (Lipinski definition) is 2. The molecule has 0 bridgehead atoms. The number of amides is 1. The average molecular weight is 431 g/mol. The second kappa shape index (κ2) is 7.59. The molecule has 5 heterocycles. The second-order valence-electron chi connectivity index (χ2n) is 8.73. The minimum atomic E-state index is 0.0458. The van der Waals surface area contributed by atoms with Gasteiger partial charge in [-0.3, -0.25) is 9.20 Å². The van der Waals surface area contributed by atoms with Gasteiger partial charge in [-0.2, -0.15) is 0 Å². The van der Waals surface area contributed by atoms with Gasteiger partial charge >= 0.3 is 0 Å². The van der Waals surface area contributed by atoms with Crippen LogP contribution in [0.5, 0.6) is 0 Å². The molecule has 0 unspecified atom stereocenters.